The lowest BCUT2D eigenvalue weighted by molar-refractivity contribution is -0.116. The van der Waals surface area contributed by atoms with E-state index in [-0.39, 0.29) is 37.7 Å². The van der Waals surface area contributed by atoms with Crippen LogP contribution in [0.1, 0.15) is 54.4 Å². The van der Waals surface area contributed by atoms with Gasteiger partial charge in [-0.25, -0.2) is 19.6 Å². The van der Waals surface area contributed by atoms with E-state index in [1.807, 2.05) is 48.5 Å². The first-order valence-electron chi connectivity index (χ1n) is 16.2. The summed E-state index contributed by atoms with van der Waals surface area (Å²) in [7, 11) is 0. The standard InChI is InChI=1S/C36H42N8O6/c1-35(2,3)49-33(47)37-17-15-29(45)39-23-11-13-25-27(19-23)43-31(41-25)21-7-9-22(10-8-21)32-42-26-14-12-24(20-28(26)44-32)40-30(46)16-18-38-34(48)50-36(4,5)6/h7-14,19-20H,15-18H2,1-6H3,(H,37,47)(H,38,48)(H,39,45)(H,40,46)(H,41,43)(H,42,44). The molecule has 0 unspecified atom stereocenters. The number of aromatic amines is 2. The second kappa shape index (κ2) is 14.7. The first-order chi connectivity index (χ1) is 23.6. The van der Waals surface area contributed by atoms with E-state index in [2.05, 4.69) is 31.2 Å². The lowest BCUT2D eigenvalue weighted by Gasteiger charge is -2.19. The van der Waals surface area contributed by atoms with E-state index in [4.69, 9.17) is 19.4 Å². The van der Waals surface area contributed by atoms with Gasteiger partial charge in [0.1, 0.15) is 22.9 Å². The number of nitrogens with zero attached hydrogens (tertiary/aromatic N) is 2. The third-order valence-electron chi connectivity index (χ3n) is 7.00. The van der Waals surface area contributed by atoms with Gasteiger partial charge < -0.3 is 40.7 Å². The highest BCUT2D eigenvalue weighted by Gasteiger charge is 2.17. The molecule has 50 heavy (non-hydrogen) atoms. The average molecular weight is 683 g/mol. The van der Waals surface area contributed by atoms with Crippen LogP contribution >= 0.6 is 0 Å². The molecular formula is C36H42N8O6. The van der Waals surface area contributed by atoms with Gasteiger partial charge in [-0.2, -0.15) is 0 Å². The van der Waals surface area contributed by atoms with E-state index in [1.165, 1.54) is 0 Å². The number of aromatic nitrogens is 4. The van der Waals surface area contributed by atoms with E-state index in [9.17, 15) is 19.2 Å². The highest BCUT2D eigenvalue weighted by atomic mass is 16.6. The first-order valence-corrected chi connectivity index (χ1v) is 16.2. The van der Waals surface area contributed by atoms with Crippen LogP contribution in [0.25, 0.3) is 44.8 Å². The smallest absolute Gasteiger partial charge is 0.407 e. The summed E-state index contributed by atoms with van der Waals surface area (Å²) in [5, 5.41) is 10.8. The summed E-state index contributed by atoms with van der Waals surface area (Å²) < 4.78 is 10.4. The minimum atomic E-state index is -0.609. The summed E-state index contributed by atoms with van der Waals surface area (Å²) >= 11 is 0. The van der Waals surface area contributed by atoms with Gasteiger partial charge in [0.05, 0.1) is 22.1 Å². The molecule has 0 bridgehead atoms. The maximum absolute atomic E-state index is 12.4. The summed E-state index contributed by atoms with van der Waals surface area (Å²) in [6, 6.07) is 18.6. The van der Waals surface area contributed by atoms with Crippen molar-refractivity contribution >= 4 is 57.4 Å². The molecule has 5 aromatic rings. The Kier molecular flexibility index (Phi) is 10.4. The molecule has 14 nitrogen and oxygen atoms in total. The van der Waals surface area contributed by atoms with Crippen LogP contribution in [0, 0.1) is 0 Å². The second-order valence-electron chi connectivity index (χ2n) is 13.7. The van der Waals surface area contributed by atoms with Crippen LogP contribution in [0.2, 0.25) is 0 Å². The fourth-order valence-electron chi connectivity index (χ4n) is 4.87. The molecule has 0 saturated carbocycles. The van der Waals surface area contributed by atoms with Crippen LogP contribution in [0.15, 0.2) is 60.7 Å². The Labute approximate surface area is 289 Å². The highest BCUT2D eigenvalue weighted by Crippen LogP contribution is 2.27. The van der Waals surface area contributed by atoms with Crippen molar-refractivity contribution in [1.82, 2.24) is 30.6 Å². The molecule has 0 atom stereocenters. The zero-order chi connectivity index (χ0) is 36.1. The van der Waals surface area contributed by atoms with Crippen molar-refractivity contribution in [2.75, 3.05) is 23.7 Å². The molecule has 0 radical (unpaired) electrons. The van der Waals surface area contributed by atoms with E-state index < -0.39 is 23.4 Å². The molecule has 6 N–H and O–H groups in total. The quantitative estimate of drug-likeness (QED) is 0.0964. The third kappa shape index (κ3) is 10.0. The number of alkyl carbamates (subject to hydrolysis) is 2. The number of carbonyl (C=O) groups excluding carboxylic acids is 4. The molecule has 3 aromatic carbocycles. The summed E-state index contributed by atoms with van der Waals surface area (Å²) in [4.78, 5) is 64.5. The number of hydrogen-bond donors (Lipinski definition) is 6. The van der Waals surface area contributed by atoms with Crippen LogP contribution in [0.5, 0.6) is 0 Å². The van der Waals surface area contributed by atoms with E-state index in [0.717, 1.165) is 33.2 Å². The number of amides is 4. The van der Waals surface area contributed by atoms with Gasteiger partial charge in [0, 0.05) is 48.4 Å². The van der Waals surface area contributed by atoms with Crippen molar-refractivity contribution in [2.45, 2.75) is 65.6 Å². The minimum absolute atomic E-state index is 0.0947. The van der Waals surface area contributed by atoms with Gasteiger partial charge in [-0.1, -0.05) is 24.3 Å². The number of nitrogens with one attached hydrogen (secondary N) is 6. The zero-order valence-electron chi connectivity index (χ0n) is 28.9. The molecule has 0 aliphatic carbocycles. The summed E-state index contributed by atoms with van der Waals surface area (Å²) in [6.45, 7) is 10.9. The van der Waals surface area contributed by atoms with Crippen LogP contribution < -0.4 is 21.3 Å². The molecule has 2 heterocycles. The number of H-pyrrole nitrogens is 2. The monoisotopic (exact) mass is 682 g/mol. The van der Waals surface area contributed by atoms with Gasteiger partial charge in [0.15, 0.2) is 0 Å². The molecule has 0 aliphatic rings. The highest BCUT2D eigenvalue weighted by molar-refractivity contribution is 5.95. The molecule has 0 spiro atoms. The lowest BCUT2D eigenvalue weighted by atomic mass is 10.1. The Morgan fingerprint density at radius 2 is 0.980 bits per heavy atom. The van der Waals surface area contributed by atoms with Crippen molar-refractivity contribution in [3.8, 4) is 22.8 Å². The van der Waals surface area contributed by atoms with Crippen molar-refractivity contribution in [3.05, 3.63) is 60.7 Å². The van der Waals surface area contributed by atoms with Gasteiger partial charge in [0.2, 0.25) is 11.8 Å². The van der Waals surface area contributed by atoms with Gasteiger partial charge in [-0.05, 0) is 77.9 Å². The van der Waals surface area contributed by atoms with Crippen LogP contribution in [-0.2, 0) is 19.1 Å². The molecular weight excluding hydrogens is 640 g/mol. The van der Waals surface area contributed by atoms with Gasteiger partial charge in [-0.15, -0.1) is 0 Å². The lowest BCUT2D eigenvalue weighted by Crippen LogP contribution is -2.34. The Morgan fingerprint density at radius 3 is 1.34 bits per heavy atom. The summed E-state index contributed by atoms with van der Waals surface area (Å²) in [5.74, 6) is 0.852. The number of ether oxygens (including phenoxy) is 2. The number of carbonyl (C=O) groups is 4. The van der Waals surface area contributed by atoms with Crippen LogP contribution in [0.3, 0.4) is 0 Å². The molecule has 0 aliphatic heterocycles. The molecule has 0 saturated heterocycles. The van der Waals surface area contributed by atoms with Gasteiger partial charge in [0.25, 0.3) is 0 Å². The number of anilines is 2. The zero-order valence-corrected chi connectivity index (χ0v) is 28.9. The molecule has 14 heteroatoms. The normalized spacial score (nSPS) is 11.6. The Balaban J connectivity index is 1.16. The predicted molar refractivity (Wildman–Crippen MR) is 192 cm³/mol. The van der Waals surface area contributed by atoms with E-state index in [1.54, 1.807) is 53.7 Å². The van der Waals surface area contributed by atoms with E-state index >= 15 is 0 Å². The number of fused-ring (bicyclic) bond motifs is 2. The first kappa shape index (κ1) is 35.4. The Bertz CT molecular complexity index is 1870. The summed E-state index contributed by atoms with van der Waals surface area (Å²) in [5.41, 5.74) is 4.73. The third-order valence-corrected chi connectivity index (χ3v) is 7.00. The molecule has 5 rings (SSSR count). The molecule has 4 amide bonds. The van der Waals surface area contributed by atoms with E-state index in [0.29, 0.717) is 23.0 Å². The topological polar surface area (TPSA) is 192 Å². The largest absolute Gasteiger partial charge is 0.444 e. The number of hydrogen-bond acceptors (Lipinski definition) is 8. The minimum Gasteiger partial charge on any atom is -0.444 e. The van der Waals surface area contributed by atoms with Crippen molar-refractivity contribution in [2.24, 2.45) is 0 Å². The number of imidazole rings is 2. The van der Waals surface area contributed by atoms with Crippen molar-refractivity contribution < 1.29 is 28.7 Å². The molecule has 0 fully saturated rings. The fourth-order valence-corrected chi connectivity index (χ4v) is 4.87. The Morgan fingerprint density at radius 1 is 0.600 bits per heavy atom. The Hall–Kier alpha value is -5.92. The van der Waals surface area contributed by atoms with Gasteiger partial charge >= 0.3 is 12.2 Å². The average Bonchev–Trinajstić information content (AvgIpc) is 3.63. The van der Waals surface area contributed by atoms with Crippen molar-refractivity contribution in [3.63, 3.8) is 0 Å². The summed E-state index contributed by atoms with van der Waals surface area (Å²) in [6.07, 6.45) is -0.944. The van der Waals surface area contributed by atoms with Crippen molar-refractivity contribution in [1.29, 1.82) is 0 Å². The van der Waals surface area contributed by atoms with Gasteiger partial charge in [-0.3, -0.25) is 9.59 Å². The number of benzene rings is 3. The maximum Gasteiger partial charge on any atom is 0.407 e. The molecule has 262 valence electrons. The SMILES string of the molecule is CC(C)(C)OC(=O)NCCC(=O)Nc1ccc2nc(-c3ccc(-c4nc5ccc(NC(=O)CCNC(=O)OC(C)(C)C)cc5[nH]4)cc3)[nH]c2c1. The number of rotatable bonds is 10. The fraction of sp³-hybridized carbons (Fsp3) is 0.333. The molecule has 2 aromatic heterocycles. The maximum atomic E-state index is 12.4. The second-order valence-corrected chi connectivity index (χ2v) is 13.7. The van der Waals surface area contributed by atoms with Crippen LogP contribution in [0.4, 0.5) is 21.0 Å². The van der Waals surface area contributed by atoms with Crippen LogP contribution in [-0.4, -0.2) is 68.2 Å². The predicted octanol–water partition coefficient (Wildman–Crippen LogP) is 6.48.